The fourth-order valence-corrected chi connectivity index (χ4v) is 0.407. The molecule has 0 aliphatic carbocycles. The molecule has 72 valence electrons. The molecule has 0 spiro atoms. The molecule has 13 heavy (non-hydrogen) atoms. The van der Waals surface area contributed by atoms with Crippen LogP contribution in [0.3, 0.4) is 0 Å². The van der Waals surface area contributed by atoms with E-state index < -0.39 is 7.82 Å². The molecule has 0 unspecified atom stereocenters. The summed E-state index contributed by atoms with van der Waals surface area (Å²) in [4.78, 5) is 21.6. The Morgan fingerprint density at radius 1 is 1.38 bits per heavy atom. The van der Waals surface area contributed by atoms with Gasteiger partial charge in [0.05, 0.1) is 0 Å². The number of nitrogen functional groups attached to an aromatic ring is 1. The molecule has 0 aliphatic rings. The van der Waals surface area contributed by atoms with Crippen molar-refractivity contribution >= 4 is 13.5 Å². The van der Waals surface area contributed by atoms with Gasteiger partial charge in [-0.15, -0.1) is 0 Å². The number of anilines is 1. The van der Waals surface area contributed by atoms with E-state index in [9.17, 15) is 0 Å². The molecule has 7 heteroatoms. The number of rotatable bonds is 0. The van der Waals surface area contributed by atoms with Crippen molar-refractivity contribution in [3.63, 3.8) is 0 Å². The minimum Gasteiger partial charge on any atom is -0.449 e. The maximum Gasteiger partial charge on any atom is 0.466 e. The van der Waals surface area contributed by atoms with Crippen molar-refractivity contribution in [3.8, 4) is 0 Å². The SMILES string of the molecule is Nc1c[c-]ccc1.O=P(O)(O)O.[Ce]. The summed E-state index contributed by atoms with van der Waals surface area (Å²) in [6, 6.07) is 10.1. The van der Waals surface area contributed by atoms with Crippen LogP contribution in [0.15, 0.2) is 24.3 Å². The minimum absolute atomic E-state index is 0. The van der Waals surface area contributed by atoms with Crippen LogP contribution in [0.25, 0.3) is 0 Å². The van der Waals surface area contributed by atoms with E-state index >= 15 is 0 Å². The smallest absolute Gasteiger partial charge is 0.449 e. The van der Waals surface area contributed by atoms with E-state index in [2.05, 4.69) is 6.07 Å². The normalized spacial score (nSPS) is 9.15. The van der Waals surface area contributed by atoms with Gasteiger partial charge in [-0.05, 0) is 0 Å². The Morgan fingerprint density at radius 2 is 1.85 bits per heavy atom. The summed E-state index contributed by atoms with van der Waals surface area (Å²) in [7, 11) is -4.64. The van der Waals surface area contributed by atoms with Gasteiger partial charge in [0.15, 0.2) is 0 Å². The van der Waals surface area contributed by atoms with Crippen LogP contribution in [0, 0.1) is 47.8 Å². The molecule has 0 saturated heterocycles. The average molecular weight is 330 g/mol. The zero-order chi connectivity index (χ0) is 9.61. The Bertz CT molecular complexity index is 254. The van der Waals surface area contributed by atoms with Crippen molar-refractivity contribution in [1.29, 1.82) is 0 Å². The van der Waals surface area contributed by atoms with E-state index in [-0.39, 0.29) is 41.7 Å². The van der Waals surface area contributed by atoms with E-state index in [1.807, 2.05) is 18.2 Å². The number of hydrogen-bond donors (Lipinski definition) is 4. The molecule has 0 heterocycles. The average Bonchev–Trinajstić information content (AvgIpc) is 1.85. The number of nitrogens with two attached hydrogens (primary N) is 1. The van der Waals surface area contributed by atoms with Crippen molar-refractivity contribution in [1.82, 2.24) is 0 Å². The van der Waals surface area contributed by atoms with Crippen molar-refractivity contribution in [2.75, 3.05) is 5.73 Å². The predicted molar refractivity (Wildman–Crippen MR) is 44.0 cm³/mol. The van der Waals surface area contributed by atoms with Crippen LogP contribution in [0.5, 0.6) is 0 Å². The van der Waals surface area contributed by atoms with Gasteiger partial charge in [-0.1, -0.05) is 5.69 Å². The fraction of sp³-hybridized carbons (Fsp3) is 0. The Kier molecular flexibility index (Phi) is 9.66. The molecule has 0 amide bonds. The summed E-state index contributed by atoms with van der Waals surface area (Å²) in [6.07, 6.45) is 0. The van der Waals surface area contributed by atoms with Gasteiger partial charge in [0.25, 0.3) is 0 Å². The monoisotopic (exact) mass is 330 g/mol. The quantitative estimate of drug-likeness (QED) is 0.308. The van der Waals surface area contributed by atoms with Crippen LogP contribution in [0.4, 0.5) is 5.69 Å². The van der Waals surface area contributed by atoms with E-state index in [4.69, 9.17) is 25.0 Å². The van der Waals surface area contributed by atoms with E-state index in [1.165, 1.54) is 0 Å². The summed E-state index contributed by atoms with van der Waals surface area (Å²) >= 11 is 0. The van der Waals surface area contributed by atoms with Crippen molar-refractivity contribution in [2.24, 2.45) is 0 Å². The number of phosphoric acid groups is 1. The van der Waals surface area contributed by atoms with Crippen molar-refractivity contribution in [2.45, 2.75) is 0 Å². The molecule has 0 fully saturated rings. The summed E-state index contributed by atoms with van der Waals surface area (Å²) in [5, 5.41) is 0. The molecule has 0 aliphatic heterocycles. The molecule has 5 N–H and O–H groups in total. The van der Waals surface area contributed by atoms with Gasteiger partial charge in [0.1, 0.15) is 0 Å². The summed E-state index contributed by atoms with van der Waals surface area (Å²) in [5.41, 5.74) is 6.09. The van der Waals surface area contributed by atoms with Crippen LogP contribution < -0.4 is 5.73 Å². The topological polar surface area (TPSA) is 104 Å². The molecular weight excluding hydrogens is 321 g/mol. The molecular formula is C6H9CeNO4P-. The molecule has 1 aromatic carbocycles. The third kappa shape index (κ3) is 19.1. The van der Waals surface area contributed by atoms with Crippen LogP contribution in [-0.2, 0) is 4.57 Å². The first kappa shape index (κ1) is 16.0. The van der Waals surface area contributed by atoms with Crippen molar-refractivity contribution < 1.29 is 61.0 Å². The largest absolute Gasteiger partial charge is 0.466 e. The molecule has 0 aromatic heterocycles. The zero-order valence-corrected chi connectivity index (χ0v) is 10.6. The Morgan fingerprint density at radius 3 is 2.00 bits per heavy atom. The third-order valence-electron chi connectivity index (χ3n) is 0.731. The van der Waals surface area contributed by atoms with Crippen LogP contribution in [0.2, 0.25) is 0 Å². The fourth-order valence-electron chi connectivity index (χ4n) is 0.407. The molecule has 0 bridgehead atoms. The first-order valence-corrected chi connectivity index (χ1v) is 4.46. The summed E-state index contributed by atoms with van der Waals surface area (Å²) in [6.45, 7) is 0. The van der Waals surface area contributed by atoms with Gasteiger partial charge < -0.3 is 20.4 Å². The maximum absolute atomic E-state index is 8.88. The Labute approximate surface area is 110 Å². The number of hydrogen-bond acceptors (Lipinski definition) is 2. The summed E-state index contributed by atoms with van der Waals surface area (Å²) < 4.78 is 8.88. The molecule has 0 saturated carbocycles. The molecule has 0 atom stereocenters. The van der Waals surface area contributed by atoms with Gasteiger partial charge in [0, 0.05) is 41.7 Å². The first-order chi connectivity index (χ1) is 5.39. The van der Waals surface area contributed by atoms with Gasteiger partial charge in [-0.25, -0.2) is 4.57 Å². The molecule has 5 nitrogen and oxygen atoms in total. The van der Waals surface area contributed by atoms with Crippen LogP contribution >= 0.6 is 7.82 Å². The maximum atomic E-state index is 8.88. The van der Waals surface area contributed by atoms with Crippen LogP contribution in [-0.4, -0.2) is 14.7 Å². The molecule has 1 rings (SSSR count). The second-order valence-corrected chi connectivity index (χ2v) is 2.88. The van der Waals surface area contributed by atoms with Crippen LogP contribution in [0.1, 0.15) is 0 Å². The Hall–Kier alpha value is 0.507. The van der Waals surface area contributed by atoms with E-state index in [1.54, 1.807) is 6.07 Å². The molecule has 1 aromatic rings. The predicted octanol–water partition coefficient (Wildman–Crippen LogP) is 0.140. The van der Waals surface area contributed by atoms with Crippen molar-refractivity contribution in [3.05, 3.63) is 30.3 Å². The van der Waals surface area contributed by atoms with Gasteiger partial charge in [-0.3, -0.25) is 0 Å². The standard InChI is InChI=1S/C6H6N.Ce.H3O4P/c7-6-4-2-1-3-5-6;;1-5(2,3)4/h1-2,4-5H,7H2;;(H3,1,2,3,4)/q-1;;. The second-order valence-electron chi connectivity index (χ2n) is 1.85. The second kappa shape index (κ2) is 7.87. The number of benzene rings is 1. The molecule has 0 radical (unpaired) electrons. The van der Waals surface area contributed by atoms with Gasteiger partial charge in [-0.2, -0.15) is 30.3 Å². The van der Waals surface area contributed by atoms with Gasteiger partial charge >= 0.3 is 7.82 Å². The zero-order valence-electron chi connectivity index (χ0n) is 6.58. The van der Waals surface area contributed by atoms with E-state index in [0.29, 0.717) is 0 Å². The minimum atomic E-state index is -4.64. The summed E-state index contributed by atoms with van der Waals surface area (Å²) in [5.74, 6) is 0. The van der Waals surface area contributed by atoms with E-state index in [0.717, 1.165) is 5.69 Å². The third-order valence-corrected chi connectivity index (χ3v) is 0.731. The van der Waals surface area contributed by atoms with Gasteiger partial charge in [0.2, 0.25) is 0 Å². The Balaban J connectivity index is 0. The first-order valence-electron chi connectivity index (χ1n) is 2.89.